The van der Waals surface area contributed by atoms with Gasteiger partial charge >= 0.3 is 7.82 Å². The van der Waals surface area contributed by atoms with E-state index in [0.29, 0.717) is 32.7 Å². The van der Waals surface area contributed by atoms with Gasteiger partial charge in [-0.3, -0.25) is 13.6 Å². The summed E-state index contributed by atoms with van der Waals surface area (Å²) in [7, 11) is -4.00. The molecule has 0 fully saturated rings. The van der Waals surface area contributed by atoms with Gasteiger partial charge in [-0.25, -0.2) is 4.57 Å². The maximum atomic E-state index is 13.6. The zero-order chi connectivity index (χ0) is 27.8. The van der Waals surface area contributed by atoms with Gasteiger partial charge in [0.1, 0.15) is 12.2 Å². The van der Waals surface area contributed by atoms with E-state index in [1.807, 2.05) is 20.8 Å². The summed E-state index contributed by atoms with van der Waals surface area (Å²) in [6.07, 6.45) is 5.43. The van der Waals surface area contributed by atoms with Crippen molar-refractivity contribution >= 4 is 7.82 Å². The molecule has 0 amide bonds. The number of unbranched alkanes of at least 4 members (excludes halogenated alkanes) is 5. The first-order chi connectivity index (χ1) is 17.9. The zero-order valence-corrected chi connectivity index (χ0v) is 25.4. The minimum absolute atomic E-state index is 0.0386. The molecule has 0 bridgehead atoms. The van der Waals surface area contributed by atoms with Crippen molar-refractivity contribution in [3.63, 3.8) is 0 Å². The molecule has 0 saturated carbocycles. The standard InChI is InChI=1S/C27H57O9P/c1-7-12-17-30-22-25(28)27(36-37(29,33-20-15-10-4)34-21-16-11-5)35-26(23-31-18-13-8-2)24(6)32-19-14-9-3/h24-28H,7-23H2,1-6H3/t24-,25-,26?,27-/m0/s1. The van der Waals surface area contributed by atoms with E-state index in [1.165, 1.54) is 0 Å². The number of hydrogen-bond acceptors (Lipinski definition) is 9. The number of aliphatic hydroxyl groups is 1. The highest BCUT2D eigenvalue weighted by Gasteiger charge is 2.37. The Kier molecular flexibility index (Phi) is 24.9. The second kappa shape index (κ2) is 24.9. The van der Waals surface area contributed by atoms with Crippen LogP contribution < -0.4 is 0 Å². The van der Waals surface area contributed by atoms with Crippen LogP contribution in [-0.2, 0) is 37.1 Å². The molecular weight excluding hydrogens is 499 g/mol. The molecule has 0 heterocycles. The Labute approximate surface area is 226 Å². The minimum atomic E-state index is -4.00. The number of phosphoric ester groups is 1. The summed E-state index contributed by atoms with van der Waals surface area (Å²) in [5, 5.41) is 11.0. The number of aliphatic hydroxyl groups excluding tert-OH is 1. The molecule has 0 aliphatic heterocycles. The largest absolute Gasteiger partial charge is 0.477 e. The summed E-state index contributed by atoms with van der Waals surface area (Å²) in [6, 6.07) is 0. The molecule has 0 aromatic carbocycles. The van der Waals surface area contributed by atoms with Crippen LogP contribution in [0.1, 0.15) is 106 Å². The third-order valence-corrected chi connectivity index (χ3v) is 7.07. The second-order valence-corrected chi connectivity index (χ2v) is 10.9. The monoisotopic (exact) mass is 556 g/mol. The number of phosphoric acid groups is 1. The van der Waals surface area contributed by atoms with Crippen LogP contribution in [-0.4, -0.2) is 76.0 Å². The molecule has 0 radical (unpaired) electrons. The molecule has 9 nitrogen and oxygen atoms in total. The highest BCUT2D eigenvalue weighted by molar-refractivity contribution is 7.48. The molecule has 10 heteroatoms. The van der Waals surface area contributed by atoms with Crippen LogP contribution in [0.5, 0.6) is 0 Å². The third kappa shape index (κ3) is 19.6. The molecule has 0 aliphatic carbocycles. The van der Waals surface area contributed by atoms with E-state index in [0.717, 1.165) is 51.4 Å². The molecule has 0 saturated heterocycles. The Morgan fingerprint density at radius 1 is 0.676 bits per heavy atom. The number of ether oxygens (including phenoxy) is 4. The average Bonchev–Trinajstić information content (AvgIpc) is 2.88. The lowest BCUT2D eigenvalue weighted by Gasteiger charge is -2.32. The van der Waals surface area contributed by atoms with Crippen molar-refractivity contribution in [2.45, 2.75) is 130 Å². The maximum absolute atomic E-state index is 13.6. The first kappa shape index (κ1) is 36.9. The second-order valence-electron chi connectivity index (χ2n) is 9.32. The van der Waals surface area contributed by atoms with Crippen LogP contribution in [0.4, 0.5) is 0 Å². The molecule has 0 rings (SSSR count). The van der Waals surface area contributed by atoms with Crippen LogP contribution in [0, 0.1) is 0 Å². The van der Waals surface area contributed by atoms with Gasteiger partial charge in [0, 0.05) is 19.8 Å². The van der Waals surface area contributed by atoms with Crippen molar-refractivity contribution in [1.82, 2.24) is 0 Å². The first-order valence-electron chi connectivity index (χ1n) is 14.5. The van der Waals surface area contributed by atoms with Gasteiger partial charge in [0.15, 0.2) is 6.29 Å². The van der Waals surface area contributed by atoms with E-state index in [4.69, 9.17) is 32.5 Å². The van der Waals surface area contributed by atoms with Crippen LogP contribution in [0.25, 0.3) is 0 Å². The van der Waals surface area contributed by atoms with Crippen LogP contribution in [0.15, 0.2) is 0 Å². The van der Waals surface area contributed by atoms with Crippen LogP contribution in [0.2, 0.25) is 0 Å². The Bertz CT molecular complexity index is 524. The molecular formula is C27H57O9P. The van der Waals surface area contributed by atoms with E-state index in [-0.39, 0.29) is 32.5 Å². The van der Waals surface area contributed by atoms with Gasteiger partial charge in [-0.2, -0.15) is 0 Å². The van der Waals surface area contributed by atoms with Crippen LogP contribution in [0.3, 0.4) is 0 Å². The molecule has 0 aromatic heterocycles. The summed E-state index contributed by atoms with van der Waals surface area (Å²) in [4.78, 5) is 0. The van der Waals surface area contributed by atoms with Gasteiger partial charge in [-0.1, -0.05) is 66.7 Å². The van der Waals surface area contributed by atoms with Crippen molar-refractivity contribution < 1.29 is 42.2 Å². The number of hydrogen-bond donors (Lipinski definition) is 1. The Morgan fingerprint density at radius 2 is 1.14 bits per heavy atom. The van der Waals surface area contributed by atoms with Crippen molar-refractivity contribution in [2.75, 3.05) is 46.2 Å². The highest BCUT2D eigenvalue weighted by atomic mass is 31.2. The van der Waals surface area contributed by atoms with Gasteiger partial charge < -0.3 is 24.1 Å². The number of rotatable bonds is 28. The molecule has 37 heavy (non-hydrogen) atoms. The molecule has 224 valence electrons. The fourth-order valence-electron chi connectivity index (χ4n) is 3.01. The van der Waals surface area contributed by atoms with Crippen LogP contribution >= 0.6 is 7.82 Å². The van der Waals surface area contributed by atoms with Gasteiger partial charge in [-0.05, 0) is 39.0 Å². The molecule has 0 aromatic rings. The normalized spacial score (nSPS) is 15.5. The lowest BCUT2D eigenvalue weighted by molar-refractivity contribution is -0.223. The quantitative estimate of drug-likeness (QED) is 0.0644. The summed E-state index contributed by atoms with van der Waals surface area (Å²) in [5.41, 5.74) is 0. The molecule has 1 N–H and O–H groups in total. The lowest BCUT2D eigenvalue weighted by atomic mass is 10.2. The van der Waals surface area contributed by atoms with Gasteiger partial charge in [0.25, 0.3) is 0 Å². The summed E-state index contributed by atoms with van der Waals surface area (Å²) < 4.78 is 54.2. The van der Waals surface area contributed by atoms with E-state index < -0.39 is 26.3 Å². The Morgan fingerprint density at radius 3 is 1.65 bits per heavy atom. The Balaban J connectivity index is 5.66. The van der Waals surface area contributed by atoms with E-state index in [9.17, 15) is 9.67 Å². The Hall–Kier alpha value is -0.0900. The van der Waals surface area contributed by atoms with Crippen molar-refractivity contribution in [3.05, 3.63) is 0 Å². The summed E-state index contributed by atoms with van der Waals surface area (Å²) in [6.45, 7) is 14.5. The molecule has 1 unspecified atom stereocenters. The topological polar surface area (TPSA) is 102 Å². The van der Waals surface area contributed by atoms with Crippen molar-refractivity contribution in [3.8, 4) is 0 Å². The predicted octanol–water partition coefficient (Wildman–Crippen LogP) is 6.66. The van der Waals surface area contributed by atoms with E-state index in [1.54, 1.807) is 0 Å². The summed E-state index contributed by atoms with van der Waals surface area (Å²) in [5.74, 6) is 0. The fraction of sp³-hybridized carbons (Fsp3) is 1.00. The average molecular weight is 557 g/mol. The van der Waals surface area contributed by atoms with Crippen molar-refractivity contribution in [2.24, 2.45) is 0 Å². The van der Waals surface area contributed by atoms with Gasteiger partial charge in [-0.15, -0.1) is 0 Å². The third-order valence-electron chi connectivity index (χ3n) is 5.61. The predicted molar refractivity (Wildman–Crippen MR) is 147 cm³/mol. The molecule has 0 spiro atoms. The fourth-order valence-corrected chi connectivity index (χ4v) is 4.35. The molecule has 0 aliphatic rings. The molecule has 4 atom stereocenters. The first-order valence-corrected chi connectivity index (χ1v) is 16.0. The van der Waals surface area contributed by atoms with Crippen molar-refractivity contribution in [1.29, 1.82) is 0 Å². The minimum Gasteiger partial charge on any atom is -0.385 e. The SMILES string of the molecule is CCCCOCC(O[C@@H](OP(=O)(OCCCC)OCCCC)[C@@H](O)COCCCC)[C@H](C)OCCCC. The van der Waals surface area contributed by atoms with E-state index >= 15 is 0 Å². The van der Waals surface area contributed by atoms with E-state index in [2.05, 4.69) is 20.8 Å². The van der Waals surface area contributed by atoms with Gasteiger partial charge in [0.2, 0.25) is 0 Å². The summed E-state index contributed by atoms with van der Waals surface area (Å²) >= 11 is 0. The highest BCUT2D eigenvalue weighted by Crippen LogP contribution is 2.51. The lowest BCUT2D eigenvalue weighted by Crippen LogP contribution is -2.43. The zero-order valence-electron chi connectivity index (χ0n) is 24.5. The maximum Gasteiger partial charge on any atom is 0.477 e. The van der Waals surface area contributed by atoms with Gasteiger partial charge in [0.05, 0.1) is 32.5 Å². The smallest absolute Gasteiger partial charge is 0.385 e.